The largest absolute Gasteiger partial charge is 0.336 e. The van der Waals surface area contributed by atoms with Gasteiger partial charge in [-0.2, -0.15) is 4.31 Å². The van der Waals surface area contributed by atoms with Gasteiger partial charge in [-0.3, -0.25) is 4.79 Å². The van der Waals surface area contributed by atoms with Crippen LogP contribution < -0.4 is 0 Å². The van der Waals surface area contributed by atoms with Crippen LogP contribution in [0.4, 0.5) is 0 Å². The Kier molecular flexibility index (Phi) is 4.83. The van der Waals surface area contributed by atoms with Crippen LogP contribution in [0.2, 0.25) is 0 Å². The molecule has 130 valence electrons. The molecule has 1 saturated heterocycles. The zero-order valence-corrected chi connectivity index (χ0v) is 16.4. The highest BCUT2D eigenvalue weighted by Gasteiger charge is 2.31. The van der Waals surface area contributed by atoms with Crippen molar-refractivity contribution in [2.24, 2.45) is 0 Å². The minimum atomic E-state index is -3.44. The molecule has 0 unspecified atom stereocenters. The monoisotopic (exact) mass is 384 g/mol. The number of hydrogen-bond acceptors (Lipinski definition) is 5. The molecule has 1 aliphatic heterocycles. The van der Waals surface area contributed by atoms with E-state index >= 15 is 0 Å². The zero-order chi connectivity index (χ0) is 17.5. The lowest BCUT2D eigenvalue weighted by Crippen LogP contribution is -2.50. The third-order valence-corrected chi connectivity index (χ3v) is 8.44. The SMILES string of the molecule is Cc1ccc(S(=O)(=O)N2CCN(C(=O)c3cc(C)sc3C)CC2)s1. The molecule has 1 fully saturated rings. The number of aryl methyl sites for hydroxylation is 3. The molecule has 0 radical (unpaired) electrons. The summed E-state index contributed by atoms with van der Waals surface area (Å²) in [6.07, 6.45) is 0. The van der Waals surface area contributed by atoms with Crippen molar-refractivity contribution in [3.05, 3.63) is 38.4 Å². The number of carbonyl (C=O) groups excluding carboxylic acids is 1. The van der Waals surface area contributed by atoms with Crippen LogP contribution in [0.5, 0.6) is 0 Å². The predicted octanol–water partition coefficient (Wildman–Crippen LogP) is 2.88. The van der Waals surface area contributed by atoms with E-state index in [1.165, 1.54) is 15.6 Å². The Labute approximate surface area is 150 Å². The Morgan fingerprint density at radius 3 is 2.17 bits per heavy atom. The maximum Gasteiger partial charge on any atom is 0.255 e. The average Bonchev–Trinajstić information content (AvgIpc) is 3.12. The zero-order valence-electron chi connectivity index (χ0n) is 13.9. The van der Waals surface area contributed by atoms with Crippen LogP contribution in [0.25, 0.3) is 0 Å². The van der Waals surface area contributed by atoms with Crippen LogP contribution in [0.3, 0.4) is 0 Å². The van der Waals surface area contributed by atoms with E-state index in [2.05, 4.69) is 0 Å². The summed E-state index contributed by atoms with van der Waals surface area (Å²) in [5.74, 6) is 0.000802. The second-order valence-electron chi connectivity index (χ2n) is 5.89. The van der Waals surface area contributed by atoms with Crippen molar-refractivity contribution in [2.75, 3.05) is 26.2 Å². The highest BCUT2D eigenvalue weighted by atomic mass is 32.2. The van der Waals surface area contributed by atoms with Crippen molar-refractivity contribution in [1.82, 2.24) is 9.21 Å². The van der Waals surface area contributed by atoms with Gasteiger partial charge in [0.25, 0.3) is 15.9 Å². The number of rotatable bonds is 3. The van der Waals surface area contributed by atoms with Crippen molar-refractivity contribution >= 4 is 38.6 Å². The molecule has 0 spiro atoms. The molecule has 24 heavy (non-hydrogen) atoms. The minimum absolute atomic E-state index is 0.000802. The standard InChI is InChI=1S/C16H20N2O3S3/c1-11-4-5-15(23-11)24(20,21)18-8-6-17(7-9-18)16(19)14-10-12(2)22-13(14)3/h4-5,10H,6-9H2,1-3H3. The first-order chi connectivity index (χ1) is 11.3. The Balaban J connectivity index is 1.70. The summed E-state index contributed by atoms with van der Waals surface area (Å²) in [5, 5.41) is 0. The van der Waals surface area contributed by atoms with E-state index in [0.717, 1.165) is 20.2 Å². The van der Waals surface area contributed by atoms with E-state index < -0.39 is 10.0 Å². The van der Waals surface area contributed by atoms with Crippen molar-refractivity contribution < 1.29 is 13.2 Å². The van der Waals surface area contributed by atoms with E-state index in [4.69, 9.17) is 0 Å². The maximum absolute atomic E-state index is 12.6. The van der Waals surface area contributed by atoms with Crippen molar-refractivity contribution in [3.8, 4) is 0 Å². The molecule has 0 saturated carbocycles. The third-order valence-electron chi connectivity index (χ3n) is 4.11. The summed E-state index contributed by atoms with van der Waals surface area (Å²) in [6.45, 7) is 7.37. The predicted molar refractivity (Wildman–Crippen MR) is 97.5 cm³/mol. The quantitative estimate of drug-likeness (QED) is 0.818. The number of thiophene rings is 2. The first kappa shape index (κ1) is 17.6. The van der Waals surface area contributed by atoms with Gasteiger partial charge >= 0.3 is 0 Å². The van der Waals surface area contributed by atoms with Gasteiger partial charge in [0, 0.05) is 40.8 Å². The van der Waals surface area contributed by atoms with Gasteiger partial charge in [0.2, 0.25) is 0 Å². The Morgan fingerprint density at radius 1 is 1.00 bits per heavy atom. The first-order valence-corrected chi connectivity index (χ1v) is 10.8. The molecule has 0 bridgehead atoms. The lowest BCUT2D eigenvalue weighted by atomic mass is 10.2. The molecule has 3 rings (SSSR count). The Hall–Kier alpha value is -1.22. The van der Waals surface area contributed by atoms with E-state index in [-0.39, 0.29) is 5.91 Å². The van der Waals surface area contributed by atoms with Crippen molar-refractivity contribution in [2.45, 2.75) is 25.0 Å². The molecule has 0 atom stereocenters. The number of sulfonamides is 1. The Bertz CT molecular complexity index is 859. The summed E-state index contributed by atoms with van der Waals surface area (Å²) < 4.78 is 27.1. The number of nitrogens with zero attached hydrogens (tertiary/aromatic N) is 2. The first-order valence-electron chi connectivity index (χ1n) is 7.72. The number of hydrogen-bond donors (Lipinski definition) is 0. The second kappa shape index (κ2) is 6.59. The number of piperazine rings is 1. The normalized spacial score (nSPS) is 16.5. The molecule has 0 aromatic carbocycles. The molecule has 0 N–H and O–H groups in total. The van der Waals surface area contributed by atoms with Gasteiger partial charge < -0.3 is 4.90 Å². The topological polar surface area (TPSA) is 57.7 Å². The second-order valence-corrected chi connectivity index (χ2v) is 10.8. The highest BCUT2D eigenvalue weighted by Crippen LogP contribution is 2.26. The Morgan fingerprint density at radius 2 is 1.67 bits per heavy atom. The summed E-state index contributed by atoms with van der Waals surface area (Å²) in [7, 11) is -3.44. The molecule has 3 heterocycles. The van der Waals surface area contributed by atoms with Gasteiger partial charge in [-0.1, -0.05) is 0 Å². The van der Waals surface area contributed by atoms with Crippen molar-refractivity contribution in [1.29, 1.82) is 0 Å². The maximum atomic E-state index is 12.6. The van der Waals surface area contributed by atoms with Crippen LogP contribution >= 0.6 is 22.7 Å². The minimum Gasteiger partial charge on any atom is -0.336 e. The lowest BCUT2D eigenvalue weighted by Gasteiger charge is -2.33. The van der Waals surface area contributed by atoms with Gasteiger partial charge in [0.05, 0.1) is 5.56 Å². The van der Waals surface area contributed by atoms with Crippen LogP contribution in [0.1, 0.15) is 25.0 Å². The molecule has 0 aliphatic carbocycles. The van der Waals surface area contributed by atoms with E-state index in [1.807, 2.05) is 32.9 Å². The summed E-state index contributed by atoms with van der Waals surface area (Å²) >= 11 is 2.90. The van der Waals surface area contributed by atoms with E-state index in [1.54, 1.807) is 22.3 Å². The molecule has 5 nitrogen and oxygen atoms in total. The van der Waals surface area contributed by atoms with Crippen LogP contribution in [-0.2, 0) is 10.0 Å². The third kappa shape index (κ3) is 3.28. The summed E-state index contributed by atoms with van der Waals surface area (Å²) in [6, 6.07) is 5.39. The van der Waals surface area contributed by atoms with Crippen LogP contribution in [0.15, 0.2) is 22.4 Å². The highest BCUT2D eigenvalue weighted by molar-refractivity contribution is 7.91. The smallest absolute Gasteiger partial charge is 0.255 e. The van der Waals surface area contributed by atoms with Gasteiger partial charge in [0.15, 0.2) is 0 Å². The van der Waals surface area contributed by atoms with Gasteiger partial charge in [0.1, 0.15) is 4.21 Å². The molecule has 1 aliphatic rings. The van der Waals surface area contributed by atoms with E-state index in [9.17, 15) is 13.2 Å². The van der Waals surface area contributed by atoms with Gasteiger partial charge in [-0.25, -0.2) is 8.42 Å². The summed E-state index contributed by atoms with van der Waals surface area (Å²) in [5.41, 5.74) is 0.739. The molecule has 2 aromatic heterocycles. The fourth-order valence-electron chi connectivity index (χ4n) is 2.82. The molecule has 8 heteroatoms. The molecular formula is C16H20N2O3S3. The fraction of sp³-hybridized carbons (Fsp3) is 0.438. The lowest BCUT2D eigenvalue weighted by molar-refractivity contribution is 0.0698. The molecule has 2 aromatic rings. The molecular weight excluding hydrogens is 364 g/mol. The van der Waals surface area contributed by atoms with E-state index in [0.29, 0.717) is 30.4 Å². The fourth-order valence-corrected chi connectivity index (χ4v) is 6.60. The average molecular weight is 385 g/mol. The van der Waals surface area contributed by atoms with Gasteiger partial charge in [-0.05, 0) is 39.0 Å². The number of carbonyl (C=O) groups is 1. The van der Waals surface area contributed by atoms with Gasteiger partial charge in [-0.15, -0.1) is 22.7 Å². The molecule has 1 amide bonds. The van der Waals surface area contributed by atoms with Crippen molar-refractivity contribution in [3.63, 3.8) is 0 Å². The number of amides is 1. The van der Waals surface area contributed by atoms with Crippen LogP contribution in [0, 0.1) is 20.8 Å². The summed E-state index contributed by atoms with van der Waals surface area (Å²) in [4.78, 5) is 17.5. The van der Waals surface area contributed by atoms with Crippen LogP contribution in [-0.4, -0.2) is 49.7 Å².